The molecular weight excluding hydrogens is 334 g/mol. The highest BCUT2D eigenvalue weighted by molar-refractivity contribution is 6.04. The lowest BCUT2D eigenvalue weighted by Crippen LogP contribution is -2.25. The van der Waals surface area contributed by atoms with E-state index < -0.39 is 23.8 Å². The zero-order valence-corrected chi connectivity index (χ0v) is 15.6. The first-order chi connectivity index (χ1) is 12.3. The van der Waals surface area contributed by atoms with Crippen molar-refractivity contribution in [3.63, 3.8) is 0 Å². The largest absolute Gasteiger partial charge is 0.462 e. The molecule has 2 aromatic rings. The lowest BCUT2D eigenvalue weighted by molar-refractivity contribution is 0.0316. The fourth-order valence-electron chi connectivity index (χ4n) is 2.76. The number of nitrogens with one attached hydrogen (secondary N) is 1. The van der Waals surface area contributed by atoms with Gasteiger partial charge in [0, 0.05) is 5.69 Å². The zero-order chi connectivity index (χ0) is 19.4. The van der Waals surface area contributed by atoms with Gasteiger partial charge in [0.2, 0.25) is 5.78 Å². The maximum atomic E-state index is 12.7. The second-order valence-electron chi connectivity index (χ2n) is 6.13. The molecule has 0 saturated carbocycles. The molecule has 0 fully saturated rings. The fourth-order valence-corrected chi connectivity index (χ4v) is 2.76. The molecular formula is C20H23NO5. The molecule has 6 heteroatoms. The van der Waals surface area contributed by atoms with Crippen LogP contribution in [0.2, 0.25) is 0 Å². The molecule has 1 heterocycles. The van der Waals surface area contributed by atoms with E-state index in [4.69, 9.17) is 9.47 Å². The molecule has 1 N–H and O–H groups in total. The predicted molar refractivity (Wildman–Crippen MR) is 96.6 cm³/mol. The van der Waals surface area contributed by atoms with E-state index in [0.29, 0.717) is 22.4 Å². The third-order valence-electron chi connectivity index (χ3n) is 4.07. The number of Topliss-reactive ketones (excluding diaryl/α,β-unsaturated/α-hetero) is 1. The van der Waals surface area contributed by atoms with Gasteiger partial charge in [0.25, 0.3) is 0 Å². The van der Waals surface area contributed by atoms with Gasteiger partial charge in [-0.05, 0) is 52.3 Å². The normalized spacial score (nSPS) is 11.7. The average Bonchev–Trinajstić information content (AvgIpc) is 2.88. The SMILES string of the molecule is CCOC(=O)c1c(C)[nH]c(C(=O)[C@H](C)OC(=O)c2cccc(C)c2)c1C. The van der Waals surface area contributed by atoms with Crippen molar-refractivity contribution in [1.29, 1.82) is 0 Å². The van der Waals surface area contributed by atoms with Crippen molar-refractivity contribution in [2.75, 3.05) is 6.61 Å². The van der Waals surface area contributed by atoms with Crippen LogP contribution in [0.3, 0.4) is 0 Å². The van der Waals surface area contributed by atoms with E-state index in [1.807, 2.05) is 13.0 Å². The Bertz CT molecular complexity index is 850. The van der Waals surface area contributed by atoms with Gasteiger partial charge in [0.15, 0.2) is 6.10 Å². The summed E-state index contributed by atoms with van der Waals surface area (Å²) in [4.78, 5) is 39.9. The Morgan fingerprint density at radius 1 is 1.12 bits per heavy atom. The van der Waals surface area contributed by atoms with Crippen molar-refractivity contribution in [2.45, 2.75) is 40.7 Å². The number of H-pyrrole nitrogens is 1. The first-order valence-electron chi connectivity index (χ1n) is 8.44. The molecule has 1 atom stereocenters. The smallest absolute Gasteiger partial charge is 0.340 e. The van der Waals surface area contributed by atoms with Crippen LogP contribution in [-0.4, -0.2) is 35.4 Å². The molecule has 0 spiro atoms. The Hall–Kier alpha value is -2.89. The van der Waals surface area contributed by atoms with Crippen LogP contribution in [0.5, 0.6) is 0 Å². The number of hydrogen-bond acceptors (Lipinski definition) is 5. The zero-order valence-electron chi connectivity index (χ0n) is 15.6. The number of benzene rings is 1. The van der Waals surface area contributed by atoms with Gasteiger partial charge in [-0.3, -0.25) is 4.79 Å². The summed E-state index contributed by atoms with van der Waals surface area (Å²) < 4.78 is 10.3. The monoisotopic (exact) mass is 357 g/mol. The van der Waals surface area contributed by atoms with Gasteiger partial charge in [0.05, 0.1) is 23.4 Å². The number of ether oxygens (including phenoxy) is 2. The van der Waals surface area contributed by atoms with Gasteiger partial charge in [0.1, 0.15) is 0 Å². The van der Waals surface area contributed by atoms with E-state index in [1.165, 1.54) is 6.92 Å². The number of aryl methyl sites for hydroxylation is 2. The summed E-state index contributed by atoms with van der Waals surface area (Å²) in [5.41, 5.74) is 2.93. The number of esters is 2. The van der Waals surface area contributed by atoms with Gasteiger partial charge in [-0.2, -0.15) is 0 Å². The van der Waals surface area contributed by atoms with Crippen molar-refractivity contribution in [3.8, 4) is 0 Å². The Kier molecular flexibility index (Phi) is 5.97. The lowest BCUT2D eigenvalue weighted by atomic mass is 10.1. The van der Waals surface area contributed by atoms with Crippen molar-refractivity contribution < 1.29 is 23.9 Å². The van der Waals surface area contributed by atoms with Crippen LogP contribution >= 0.6 is 0 Å². The van der Waals surface area contributed by atoms with Crippen molar-refractivity contribution in [2.24, 2.45) is 0 Å². The molecule has 0 aliphatic heterocycles. The van der Waals surface area contributed by atoms with Gasteiger partial charge in [-0.1, -0.05) is 17.7 Å². The summed E-state index contributed by atoms with van der Waals surface area (Å²) in [6, 6.07) is 6.95. The second kappa shape index (κ2) is 7.99. The molecule has 1 aromatic carbocycles. The maximum absolute atomic E-state index is 12.7. The van der Waals surface area contributed by atoms with Crippen molar-refractivity contribution in [1.82, 2.24) is 4.98 Å². The summed E-state index contributed by atoms with van der Waals surface area (Å²) in [5, 5.41) is 0. The van der Waals surface area contributed by atoms with E-state index >= 15 is 0 Å². The van der Waals surface area contributed by atoms with E-state index in [0.717, 1.165) is 5.56 Å². The van der Waals surface area contributed by atoms with Crippen molar-refractivity contribution in [3.05, 3.63) is 57.9 Å². The van der Waals surface area contributed by atoms with Gasteiger partial charge in [-0.25, -0.2) is 9.59 Å². The summed E-state index contributed by atoms with van der Waals surface area (Å²) >= 11 is 0. The average molecular weight is 357 g/mol. The molecule has 0 radical (unpaired) electrons. The minimum Gasteiger partial charge on any atom is -0.462 e. The summed E-state index contributed by atoms with van der Waals surface area (Å²) in [7, 11) is 0. The minimum absolute atomic E-state index is 0.245. The number of aromatic amines is 1. The van der Waals surface area contributed by atoms with E-state index in [2.05, 4.69) is 4.98 Å². The summed E-state index contributed by atoms with van der Waals surface area (Å²) in [6.45, 7) is 8.70. The second-order valence-corrected chi connectivity index (χ2v) is 6.13. The van der Waals surface area contributed by atoms with Crippen LogP contribution in [0.1, 0.15) is 61.9 Å². The molecule has 2 rings (SSSR count). The third-order valence-corrected chi connectivity index (χ3v) is 4.07. The van der Waals surface area contributed by atoms with Crippen LogP contribution in [-0.2, 0) is 9.47 Å². The van der Waals surface area contributed by atoms with Gasteiger partial charge in [-0.15, -0.1) is 0 Å². The maximum Gasteiger partial charge on any atom is 0.340 e. The number of rotatable bonds is 6. The predicted octanol–water partition coefficient (Wildman–Crippen LogP) is 3.54. The van der Waals surface area contributed by atoms with Crippen LogP contribution in [0.25, 0.3) is 0 Å². The Balaban J connectivity index is 2.19. The highest BCUT2D eigenvalue weighted by atomic mass is 16.5. The molecule has 0 unspecified atom stereocenters. The molecule has 0 aliphatic rings. The number of hydrogen-bond donors (Lipinski definition) is 1. The van der Waals surface area contributed by atoms with E-state index in [1.54, 1.807) is 39.0 Å². The Morgan fingerprint density at radius 3 is 2.42 bits per heavy atom. The third kappa shape index (κ3) is 4.02. The summed E-state index contributed by atoms with van der Waals surface area (Å²) in [6.07, 6.45) is -0.991. The minimum atomic E-state index is -0.991. The van der Waals surface area contributed by atoms with Crippen LogP contribution in [0.4, 0.5) is 0 Å². The number of ketones is 1. The topological polar surface area (TPSA) is 85.5 Å². The Labute approximate surface area is 152 Å². The number of aromatic nitrogens is 1. The van der Waals surface area contributed by atoms with Gasteiger partial charge >= 0.3 is 11.9 Å². The van der Waals surface area contributed by atoms with Crippen LogP contribution < -0.4 is 0 Å². The molecule has 0 saturated heterocycles. The molecule has 6 nitrogen and oxygen atoms in total. The molecule has 26 heavy (non-hydrogen) atoms. The van der Waals surface area contributed by atoms with Crippen molar-refractivity contribution >= 4 is 17.7 Å². The summed E-state index contributed by atoms with van der Waals surface area (Å²) in [5.74, 6) is -1.45. The molecule has 0 aliphatic carbocycles. The quantitative estimate of drug-likeness (QED) is 0.631. The molecule has 1 aromatic heterocycles. The van der Waals surface area contributed by atoms with Crippen LogP contribution in [0, 0.1) is 20.8 Å². The molecule has 0 amide bonds. The lowest BCUT2D eigenvalue weighted by Gasteiger charge is -2.12. The first-order valence-corrected chi connectivity index (χ1v) is 8.44. The highest BCUT2D eigenvalue weighted by Gasteiger charge is 2.27. The van der Waals surface area contributed by atoms with Crippen LogP contribution in [0.15, 0.2) is 24.3 Å². The number of carbonyl (C=O) groups excluding carboxylic acids is 3. The first kappa shape index (κ1) is 19.4. The highest BCUT2D eigenvalue weighted by Crippen LogP contribution is 2.21. The standard InChI is InChI=1S/C20H23NO5/c1-6-25-20(24)16-12(3)17(21-13(16)4)18(22)14(5)26-19(23)15-9-7-8-11(2)10-15/h7-10,14,21H,6H2,1-5H3/t14-/m0/s1. The van der Waals surface area contributed by atoms with Gasteiger partial charge < -0.3 is 14.5 Å². The fraction of sp³-hybridized carbons (Fsp3) is 0.350. The molecule has 138 valence electrons. The molecule has 0 bridgehead atoms. The number of carbonyl (C=O) groups is 3. The Morgan fingerprint density at radius 2 is 1.81 bits per heavy atom. The van der Waals surface area contributed by atoms with E-state index in [9.17, 15) is 14.4 Å². The van der Waals surface area contributed by atoms with E-state index in [-0.39, 0.29) is 12.3 Å².